The van der Waals surface area contributed by atoms with E-state index in [2.05, 4.69) is 10.6 Å². The summed E-state index contributed by atoms with van der Waals surface area (Å²) in [6, 6.07) is 7.55. The molecular weight excluding hydrogens is 284 g/mol. The van der Waals surface area contributed by atoms with Crippen molar-refractivity contribution in [3.63, 3.8) is 0 Å². The van der Waals surface area contributed by atoms with Gasteiger partial charge in [0.2, 0.25) is 5.91 Å². The predicted octanol–water partition coefficient (Wildman–Crippen LogP) is 1.23. The molecule has 19 heavy (non-hydrogen) atoms. The van der Waals surface area contributed by atoms with Gasteiger partial charge in [-0.3, -0.25) is 10.1 Å². The maximum atomic E-state index is 11.7. The van der Waals surface area contributed by atoms with E-state index < -0.39 is 6.10 Å². The first-order valence-corrected chi connectivity index (χ1v) is 7.16. The number of carbonyl (C=O) groups is 1. The third-order valence-electron chi connectivity index (χ3n) is 2.96. The van der Waals surface area contributed by atoms with Crippen LogP contribution in [0.4, 0.5) is 0 Å². The molecule has 0 aliphatic carbocycles. The summed E-state index contributed by atoms with van der Waals surface area (Å²) in [5.74, 6) is 1.58. The minimum atomic E-state index is -0.649. The zero-order valence-electron chi connectivity index (χ0n) is 10.8. The lowest BCUT2D eigenvalue weighted by molar-refractivity contribution is -0.122. The highest BCUT2D eigenvalue weighted by molar-refractivity contribution is 7.99. The van der Waals surface area contributed by atoms with E-state index in [1.165, 1.54) is 0 Å². The zero-order chi connectivity index (χ0) is 13.0. The van der Waals surface area contributed by atoms with Crippen LogP contribution in [0.25, 0.3) is 0 Å². The highest BCUT2D eigenvalue weighted by Crippen LogP contribution is 2.13. The van der Waals surface area contributed by atoms with Gasteiger partial charge in [0.1, 0.15) is 0 Å². The van der Waals surface area contributed by atoms with Crippen molar-refractivity contribution in [1.82, 2.24) is 10.6 Å². The van der Waals surface area contributed by atoms with E-state index >= 15 is 0 Å². The number of aliphatic hydroxyl groups is 1. The Balaban J connectivity index is 0.00000180. The van der Waals surface area contributed by atoms with E-state index in [9.17, 15) is 9.90 Å². The highest BCUT2D eigenvalue weighted by Gasteiger charge is 2.22. The minimum absolute atomic E-state index is 0. The van der Waals surface area contributed by atoms with Gasteiger partial charge in [-0.25, -0.2) is 0 Å². The molecule has 1 fully saturated rings. The Morgan fingerprint density at radius 1 is 1.53 bits per heavy atom. The number of rotatable bonds is 4. The van der Waals surface area contributed by atoms with Crippen molar-refractivity contribution in [3.05, 3.63) is 35.4 Å². The van der Waals surface area contributed by atoms with Gasteiger partial charge in [-0.1, -0.05) is 29.8 Å². The Morgan fingerprint density at radius 2 is 2.21 bits per heavy atom. The normalized spacial score (nSPS) is 19.6. The molecule has 2 rings (SSSR count). The van der Waals surface area contributed by atoms with E-state index in [1.54, 1.807) is 11.8 Å². The van der Waals surface area contributed by atoms with Gasteiger partial charge in [-0.15, -0.1) is 24.2 Å². The molecule has 3 N–H and O–H groups in total. The largest absolute Gasteiger partial charge is 0.387 e. The molecule has 1 heterocycles. The number of aliphatic hydroxyl groups excluding tert-OH is 1. The Bertz CT molecular complexity index is 408. The van der Waals surface area contributed by atoms with Gasteiger partial charge in [-0.05, 0) is 12.5 Å². The lowest BCUT2D eigenvalue weighted by Gasteiger charge is -2.15. The molecule has 6 heteroatoms. The molecule has 106 valence electrons. The summed E-state index contributed by atoms with van der Waals surface area (Å²) in [7, 11) is 0. The van der Waals surface area contributed by atoms with Crippen molar-refractivity contribution in [2.75, 3.05) is 18.2 Å². The maximum Gasteiger partial charge on any atom is 0.238 e. The molecule has 1 amide bonds. The molecule has 0 bridgehead atoms. The van der Waals surface area contributed by atoms with E-state index in [0.29, 0.717) is 0 Å². The van der Waals surface area contributed by atoms with Crippen LogP contribution in [0.5, 0.6) is 0 Å². The molecule has 1 aliphatic rings. The second kappa shape index (κ2) is 7.75. The van der Waals surface area contributed by atoms with Crippen LogP contribution in [0, 0.1) is 6.92 Å². The number of carbonyl (C=O) groups excluding carboxylic acids is 1. The van der Waals surface area contributed by atoms with Crippen LogP contribution < -0.4 is 10.6 Å². The fourth-order valence-corrected chi connectivity index (χ4v) is 2.73. The quantitative estimate of drug-likeness (QED) is 0.783. The lowest BCUT2D eigenvalue weighted by Crippen LogP contribution is -2.43. The van der Waals surface area contributed by atoms with Crippen molar-refractivity contribution >= 4 is 30.1 Å². The average Bonchev–Trinajstić information content (AvgIpc) is 2.90. The molecule has 1 aromatic rings. The van der Waals surface area contributed by atoms with E-state index in [-0.39, 0.29) is 30.9 Å². The van der Waals surface area contributed by atoms with Crippen molar-refractivity contribution in [2.24, 2.45) is 0 Å². The molecule has 1 saturated heterocycles. The van der Waals surface area contributed by atoms with Gasteiger partial charge in [0, 0.05) is 18.2 Å². The summed E-state index contributed by atoms with van der Waals surface area (Å²) in [4.78, 5) is 11.7. The van der Waals surface area contributed by atoms with Gasteiger partial charge in [0.15, 0.2) is 0 Å². The Labute approximate surface area is 123 Å². The van der Waals surface area contributed by atoms with Crippen molar-refractivity contribution < 1.29 is 9.90 Å². The number of benzene rings is 1. The molecule has 1 unspecified atom stereocenters. The third-order valence-corrected chi connectivity index (χ3v) is 3.90. The molecule has 1 aliphatic heterocycles. The summed E-state index contributed by atoms with van der Waals surface area (Å²) in [6.07, 6.45) is -0.649. The fraction of sp³-hybridized carbons (Fsp3) is 0.462. The van der Waals surface area contributed by atoms with Crippen molar-refractivity contribution in [2.45, 2.75) is 19.1 Å². The highest BCUT2D eigenvalue weighted by atomic mass is 35.5. The number of amides is 1. The standard InChI is InChI=1S/C13H18N2O2S.ClH/c1-9-2-4-10(5-3-9)12(16)6-14-13(17)11-7-18-8-15-11;/h2-5,11-12,15-16H,6-8H2,1H3,(H,14,17);1H/t11-,12?;/m1./s1. The van der Waals surface area contributed by atoms with Gasteiger partial charge in [0.25, 0.3) is 0 Å². The van der Waals surface area contributed by atoms with E-state index in [4.69, 9.17) is 0 Å². The van der Waals surface area contributed by atoms with Crippen LogP contribution in [0.15, 0.2) is 24.3 Å². The molecule has 0 saturated carbocycles. The molecule has 0 aromatic heterocycles. The first-order valence-electron chi connectivity index (χ1n) is 6.00. The Kier molecular flexibility index (Phi) is 6.65. The average molecular weight is 303 g/mol. The van der Waals surface area contributed by atoms with Crippen LogP contribution in [0.3, 0.4) is 0 Å². The molecule has 0 radical (unpaired) electrons. The second-order valence-electron chi connectivity index (χ2n) is 4.44. The van der Waals surface area contributed by atoms with Gasteiger partial charge in [-0.2, -0.15) is 0 Å². The molecule has 4 nitrogen and oxygen atoms in total. The molecule has 1 aromatic carbocycles. The summed E-state index contributed by atoms with van der Waals surface area (Å²) < 4.78 is 0. The summed E-state index contributed by atoms with van der Waals surface area (Å²) in [5.41, 5.74) is 1.98. The van der Waals surface area contributed by atoms with E-state index in [0.717, 1.165) is 22.8 Å². The number of hydrogen-bond donors (Lipinski definition) is 3. The van der Waals surface area contributed by atoms with Gasteiger partial charge < -0.3 is 10.4 Å². The van der Waals surface area contributed by atoms with Crippen LogP contribution in [-0.4, -0.2) is 35.2 Å². The summed E-state index contributed by atoms with van der Waals surface area (Å²) in [6.45, 7) is 2.26. The topological polar surface area (TPSA) is 61.4 Å². The van der Waals surface area contributed by atoms with Crippen molar-refractivity contribution in [3.8, 4) is 0 Å². The first kappa shape index (κ1) is 16.3. The molecule has 2 atom stereocenters. The SMILES string of the molecule is Cc1ccc(C(O)CNC(=O)[C@H]2CSCN2)cc1.Cl. The van der Waals surface area contributed by atoms with E-state index in [1.807, 2.05) is 31.2 Å². The van der Waals surface area contributed by atoms with Crippen LogP contribution >= 0.6 is 24.2 Å². The third kappa shape index (κ3) is 4.69. The lowest BCUT2D eigenvalue weighted by atomic mass is 10.1. The first-order chi connectivity index (χ1) is 8.66. The summed E-state index contributed by atoms with van der Waals surface area (Å²) in [5, 5.41) is 15.8. The number of hydrogen-bond acceptors (Lipinski definition) is 4. The van der Waals surface area contributed by atoms with Crippen LogP contribution in [0.1, 0.15) is 17.2 Å². The number of halogens is 1. The minimum Gasteiger partial charge on any atom is -0.387 e. The summed E-state index contributed by atoms with van der Waals surface area (Å²) >= 11 is 1.71. The van der Waals surface area contributed by atoms with Gasteiger partial charge in [0.05, 0.1) is 12.1 Å². The Hall–Kier alpha value is -0.750. The smallest absolute Gasteiger partial charge is 0.238 e. The predicted molar refractivity (Wildman–Crippen MR) is 80.6 cm³/mol. The van der Waals surface area contributed by atoms with Crippen LogP contribution in [0.2, 0.25) is 0 Å². The number of thioether (sulfide) groups is 1. The van der Waals surface area contributed by atoms with Crippen molar-refractivity contribution in [1.29, 1.82) is 0 Å². The van der Waals surface area contributed by atoms with Crippen LogP contribution in [-0.2, 0) is 4.79 Å². The fourth-order valence-electron chi connectivity index (χ4n) is 1.79. The Morgan fingerprint density at radius 3 is 2.79 bits per heavy atom. The van der Waals surface area contributed by atoms with Gasteiger partial charge >= 0.3 is 0 Å². The maximum absolute atomic E-state index is 11.7. The molecular formula is C13H19ClN2O2S. The monoisotopic (exact) mass is 302 g/mol. The zero-order valence-corrected chi connectivity index (χ0v) is 12.4. The number of nitrogens with one attached hydrogen (secondary N) is 2. The number of aryl methyl sites for hydroxylation is 1. The second-order valence-corrected chi connectivity index (χ2v) is 5.47. The molecule has 0 spiro atoms.